The second kappa shape index (κ2) is 11.7. The van der Waals surface area contributed by atoms with E-state index in [-0.39, 0.29) is 24.0 Å². The van der Waals surface area contributed by atoms with E-state index in [0.29, 0.717) is 28.0 Å². The Labute approximate surface area is 204 Å². The molecule has 1 N–H and O–H groups in total. The topological polar surface area (TPSA) is 95.3 Å². The molecule has 0 saturated heterocycles. The molecule has 0 aliphatic rings. The number of amides is 1. The Kier molecular flexibility index (Phi) is 8.67. The van der Waals surface area contributed by atoms with Crippen LogP contribution in [0.25, 0.3) is 6.08 Å². The molecule has 1 aromatic heterocycles. The van der Waals surface area contributed by atoms with Gasteiger partial charge in [0, 0.05) is 23.2 Å². The van der Waals surface area contributed by atoms with Crippen LogP contribution >= 0.6 is 27.7 Å². The fraction of sp³-hybridized carbons (Fsp3) is 0.217. The van der Waals surface area contributed by atoms with Crippen molar-refractivity contribution in [2.45, 2.75) is 11.7 Å². The molecule has 1 heterocycles. The number of hydrogen-bond acceptors (Lipinski definition) is 7. The number of nitrogens with one attached hydrogen (secondary N) is 1. The highest BCUT2D eigenvalue weighted by molar-refractivity contribution is 9.10. The summed E-state index contributed by atoms with van der Waals surface area (Å²) in [5.41, 5.74) is 1.44. The van der Waals surface area contributed by atoms with Crippen molar-refractivity contribution in [2.24, 2.45) is 7.05 Å². The molecular weight excluding hydrogens is 508 g/mol. The van der Waals surface area contributed by atoms with Gasteiger partial charge in [0.15, 0.2) is 28.3 Å². The molecule has 0 fully saturated rings. The number of Topliss-reactive ketones (excluding diaryl/α,β-unsaturated/α-hetero) is 1. The van der Waals surface area contributed by atoms with Gasteiger partial charge in [-0.15, -0.1) is 10.2 Å². The summed E-state index contributed by atoms with van der Waals surface area (Å²) in [5.74, 6) is 1.77. The first kappa shape index (κ1) is 24.5. The van der Waals surface area contributed by atoms with Gasteiger partial charge in [0.1, 0.15) is 0 Å². The average molecular weight is 531 g/mol. The van der Waals surface area contributed by atoms with Crippen molar-refractivity contribution in [3.8, 4) is 11.5 Å². The van der Waals surface area contributed by atoms with Crippen molar-refractivity contribution in [3.63, 3.8) is 0 Å². The van der Waals surface area contributed by atoms with Crippen molar-refractivity contribution < 1.29 is 19.1 Å². The predicted molar refractivity (Wildman–Crippen MR) is 131 cm³/mol. The lowest BCUT2D eigenvalue weighted by atomic mass is 10.2. The van der Waals surface area contributed by atoms with Crippen molar-refractivity contribution in [1.82, 2.24) is 20.1 Å². The summed E-state index contributed by atoms with van der Waals surface area (Å²) < 4.78 is 13.2. The van der Waals surface area contributed by atoms with Crippen LogP contribution in [0.3, 0.4) is 0 Å². The van der Waals surface area contributed by atoms with E-state index in [0.717, 1.165) is 10.0 Å². The number of benzene rings is 2. The zero-order chi connectivity index (χ0) is 23.8. The summed E-state index contributed by atoms with van der Waals surface area (Å²) in [4.78, 5) is 24.6. The van der Waals surface area contributed by atoms with Crippen molar-refractivity contribution in [3.05, 3.63) is 70.0 Å². The molecule has 0 aliphatic heterocycles. The second-order valence-corrected chi connectivity index (χ2v) is 8.70. The number of aromatic nitrogens is 3. The van der Waals surface area contributed by atoms with Gasteiger partial charge < -0.3 is 19.4 Å². The third-order valence-electron chi connectivity index (χ3n) is 4.68. The van der Waals surface area contributed by atoms with E-state index in [2.05, 4.69) is 31.4 Å². The second-order valence-electron chi connectivity index (χ2n) is 6.84. The van der Waals surface area contributed by atoms with Gasteiger partial charge >= 0.3 is 0 Å². The van der Waals surface area contributed by atoms with E-state index in [1.807, 2.05) is 18.2 Å². The number of ether oxygens (including phenoxy) is 2. The van der Waals surface area contributed by atoms with Crippen LogP contribution in [0.5, 0.6) is 11.5 Å². The summed E-state index contributed by atoms with van der Waals surface area (Å²) in [6.07, 6.45) is 3.12. The Morgan fingerprint density at radius 3 is 2.52 bits per heavy atom. The minimum atomic E-state index is -0.271. The van der Waals surface area contributed by atoms with Crippen LogP contribution in [0.2, 0.25) is 0 Å². The lowest BCUT2D eigenvalue weighted by Gasteiger charge is -2.07. The summed E-state index contributed by atoms with van der Waals surface area (Å²) in [6, 6.07) is 12.6. The molecule has 33 heavy (non-hydrogen) atoms. The highest BCUT2D eigenvalue weighted by Gasteiger charge is 2.13. The van der Waals surface area contributed by atoms with Crippen LogP contribution in [0.15, 0.2) is 58.2 Å². The Morgan fingerprint density at radius 2 is 1.82 bits per heavy atom. The number of carbonyl (C=O) groups excluding carboxylic acids is 2. The maximum Gasteiger partial charge on any atom is 0.244 e. The summed E-state index contributed by atoms with van der Waals surface area (Å²) >= 11 is 4.66. The molecule has 0 bridgehead atoms. The predicted octanol–water partition coefficient (Wildman–Crippen LogP) is 3.90. The maximum absolute atomic E-state index is 12.4. The zero-order valence-electron chi connectivity index (χ0n) is 18.4. The first-order chi connectivity index (χ1) is 15.9. The minimum absolute atomic E-state index is 0.00523. The van der Waals surface area contributed by atoms with E-state index in [4.69, 9.17) is 9.47 Å². The van der Waals surface area contributed by atoms with Crippen LogP contribution in [0, 0.1) is 0 Å². The Morgan fingerprint density at radius 1 is 1.09 bits per heavy atom. The smallest absolute Gasteiger partial charge is 0.244 e. The number of rotatable bonds is 10. The molecule has 2 aromatic carbocycles. The molecule has 0 radical (unpaired) electrons. The van der Waals surface area contributed by atoms with Gasteiger partial charge in [0.25, 0.3) is 0 Å². The van der Waals surface area contributed by atoms with E-state index < -0.39 is 0 Å². The highest BCUT2D eigenvalue weighted by Crippen LogP contribution is 2.28. The van der Waals surface area contributed by atoms with E-state index in [9.17, 15) is 9.59 Å². The average Bonchev–Trinajstić information content (AvgIpc) is 3.19. The molecule has 8 nitrogen and oxygen atoms in total. The highest BCUT2D eigenvalue weighted by atomic mass is 79.9. The number of hydrogen-bond donors (Lipinski definition) is 1. The van der Waals surface area contributed by atoms with Crippen LogP contribution in [-0.4, -0.2) is 46.4 Å². The Balaban J connectivity index is 1.52. The molecule has 172 valence electrons. The number of ketones is 1. The first-order valence-corrected chi connectivity index (χ1v) is 11.7. The van der Waals surface area contributed by atoms with Crippen LogP contribution < -0.4 is 14.8 Å². The van der Waals surface area contributed by atoms with E-state index >= 15 is 0 Å². The fourth-order valence-corrected chi connectivity index (χ4v) is 3.92. The van der Waals surface area contributed by atoms with Gasteiger partial charge in [-0.1, -0.05) is 45.9 Å². The first-order valence-electron chi connectivity index (χ1n) is 9.89. The molecule has 0 spiro atoms. The molecule has 0 saturated carbocycles. The van der Waals surface area contributed by atoms with Crippen molar-refractivity contribution >= 4 is 45.5 Å². The van der Waals surface area contributed by atoms with Crippen LogP contribution in [-0.2, 0) is 18.4 Å². The van der Waals surface area contributed by atoms with Gasteiger partial charge in [0.2, 0.25) is 5.91 Å². The molecule has 1 amide bonds. The number of thioether (sulfide) groups is 1. The SMILES string of the molecule is COc1ccc(C=CC(=O)NCc2nnc(SCC(=O)c3ccc(Br)cc3)n2C)cc1OC. The monoisotopic (exact) mass is 530 g/mol. The van der Waals surface area contributed by atoms with Gasteiger partial charge in [-0.05, 0) is 35.9 Å². The van der Waals surface area contributed by atoms with Crippen molar-refractivity contribution in [2.75, 3.05) is 20.0 Å². The normalized spacial score (nSPS) is 10.9. The van der Waals surface area contributed by atoms with Gasteiger partial charge in [-0.2, -0.15) is 0 Å². The Bertz CT molecular complexity index is 1160. The number of methoxy groups -OCH3 is 2. The van der Waals surface area contributed by atoms with Crippen LogP contribution in [0.4, 0.5) is 0 Å². The van der Waals surface area contributed by atoms with Crippen molar-refractivity contribution in [1.29, 1.82) is 0 Å². The Hall–Kier alpha value is -3.11. The molecule has 0 aliphatic carbocycles. The lowest BCUT2D eigenvalue weighted by Crippen LogP contribution is -2.22. The molecular formula is C23H23BrN4O4S. The number of carbonyl (C=O) groups is 2. The lowest BCUT2D eigenvalue weighted by molar-refractivity contribution is -0.116. The maximum atomic E-state index is 12.4. The third kappa shape index (κ3) is 6.69. The zero-order valence-corrected chi connectivity index (χ0v) is 20.8. The summed E-state index contributed by atoms with van der Waals surface area (Å²) in [7, 11) is 4.92. The fourth-order valence-electron chi connectivity index (χ4n) is 2.83. The number of nitrogens with zero attached hydrogens (tertiary/aromatic N) is 3. The number of halogens is 1. The van der Waals surface area contributed by atoms with Crippen LogP contribution in [0.1, 0.15) is 21.7 Å². The third-order valence-corrected chi connectivity index (χ3v) is 6.23. The summed E-state index contributed by atoms with van der Waals surface area (Å²) in [5, 5.41) is 11.6. The molecule has 0 unspecified atom stereocenters. The van der Waals surface area contributed by atoms with Gasteiger partial charge in [0.05, 0.1) is 26.5 Å². The standard InChI is InChI=1S/C23H23BrN4O4S/c1-28-21(26-27-23(28)33-14-18(29)16-6-8-17(24)9-7-16)13-25-22(30)11-5-15-4-10-19(31-2)20(12-15)32-3/h4-12H,13-14H2,1-3H3,(H,25,30). The molecule has 3 aromatic rings. The van der Waals surface area contributed by atoms with Gasteiger partial charge in [-0.25, -0.2) is 0 Å². The summed E-state index contributed by atoms with van der Waals surface area (Å²) in [6.45, 7) is 0.208. The van der Waals surface area contributed by atoms with E-state index in [1.165, 1.54) is 17.8 Å². The van der Waals surface area contributed by atoms with E-state index in [1.54, 1.807) is 56.2 Å². The largest absolute Gasteiger partial charge is 0.493 e. The molecule has 3 rings (SSSR count). The quantitative estimate of drug-likeness (QED) is 0.241. The minimum Gasteiger partial charge on any atom is -0.493 e. The van der Waals surface area contributed by atoms with Gasteiger partial charge in [-0.3, -0.25) is 9.59 Å². The molecule has 0 atom stereocenters. The molecule has 10 heteroatoms.